The fourth-order valence-corrected chi connectivity index (χ4v) is 2.36. The highest BCUT2D eigenvalue weighted by Crippen LogP contribution is 2.31. The fourth-order valence-electron chi connectivity index (χ4n) is 1.88. The van der Waals surface area contributed by atoms with Crippen LogP contribution < -0.4 is 11.3 Å². The molecule has 1 heterocycles. The lowest BCUT2D eigenvalue weighted by Gasteiger charge is -2.17. The number of furan rings is 1. The number of aryl methyl sites for hydroxylation is 1. The smallest absolute Gasteiger partial charge is 0.147 e. The van der Waals surface area contributed by atoms with Gasteiger partial charge in [0.05, 0.1) is 11.3 Å². The second-order valence-corrected chi connectivity index (χ2v) is 5.33. The standard InChI is InChI=1S/C13H13BrClFN2O/c14-10-5-4-9(13(16)12(10)15)11(18-17)6-3-8-2-1-7-19-8/h1-2,4-5,7,11,18H,3,6,17H2. The number of hydrogen-bond donors (Lipinski definition) is 2. The molecule has 0 bridgehead atoms. The Morgan fingerprint density at radius 3 is 2.84 bits per heavy atom. The lowest BCUT2D eigenvalue weighted by atomic mass is 10.0. The van der Waals surface area contributed by atoms with Crippen molar-refractivity contribution in [3.05, 3.63) is 57.2 Å². The van der Waals surface area contributed by atoms with Gasteiger partial charge in [0, 0.05) is 22.5 Å². The van der Waals surface area contributed by atoms with Crippen LogP contribution in [-0.4, -0.2) is 0 Å². The van der Waals surface area contributed by atoms with Gasteiger partial charge in [-0.2, -0.15) is 0 Å². The highest BCUT2D eigenvalue weighted by atomic mass is 79.9. The average molecular weight is 348 g/mol. The van der Waals surface area contributed by atoms with Gasteiger partial charge in [0.2, 0.25) is 0 Å². The summed E-state index contributed by atoms with van der Waals surface area (Å²) < 4.78 is 19.9. The van der Waals surface area contributed by atoms with Crippen molar-refractivity contribution in [2.45, 2.75) is 18.9 Å². The predicted molar refractivity (Wildman–Crippen MR) is 76.2 cm³/mol. The summed E-state index contributed by atoms with van der Waals surface area (Å²) in [6, 6.07) is 6.74. The molecule has 0 spiro atoms. The zero-order valence-corrected chi connectivity index (χ0v) is 12.3. The Balaban J connectivity index is 2.15. The monoisotopic (exact) mass is 346 g/mol. The molecule has 0 saturated heterocycles. The number of hydrogen-bond acceptors (Lipinski definition) is 3. The Labute approximate surface area is 124 Å². The summed E-state index contributed by atoms with van der Waals surface area (Å²) in [6.07, 6.45) is 2.88. The van der Waals surface area contributed by atoms with Gasteiger partial charge in [-0.3, -0.25) is 11.3 Å². The van der Waals surface area contributed by atoms with Crippen LogP contribution in [0, 0.1) is 5.82 Å². The summed E-state index contributed by atoms with van der Waals surface area (Å²) in [6.45, 7) is 0. The normalized spacial score (nSPS) is 12.6. The molecule has 2 aromatic rings. The number of halogens is 3. The Kier molecular flexibility index (Phi) is 4.99. The van der Waals surface area contributed by atoms with E-state index in [0.717, 1.165) is 5.76 Å². The second kappa shape index (κ2) is 6.52. The van der Waals surface area contributed by atoms with Crippen LogP contribution in [0.25, 0.3) is 0 Å². The van der Waals surface area contributed by atoms with Gasteiger partial charge in [-0.1, -0.05) is 17.7 Å². The molecule has 3 nitrogen and oxygen atoms in total. The molecule has 6 heteroatoms. The number of nitrogens with one attached hydrogen (secondary N) is 1. The van der Waals surface area contributed by atoms with Crippen LogP contribution in [0.2, 0.25) is 5.02 Å². The minimum atomic E-state index is -0.460. The molecule has 1 aromatic heterocycles. The van der Waals surface area contributed by atoms with E-state index >= 15 is 0 Å². The van der Waals surface area contributed by atoms with Gasteiger partial charge in [0.15, 0.2) is 0 Å². The van der Waals surface area contributed by atoms with Crippen molar-refractivity contribution in [3.63, 3.8) is 0 Å². The number of rotatable bonds is 5. The first-order chi connectivity index (χ1) is 9.13. The summed E-state index contributed by atoms with van der Waals surface area (Å²) in [4.78, 5) is 0. The molecule has 3 N–H and O–H groups in total. The molecule has 2 rings (SSSR count). The van der Waals surface area contributed by atoms with Gasteiger partial charge >= 0.3 is 0 Å². The first-order valence-electron chi connectivity index (χ1n) is 5.75. The van der Waals surface area contributed by atoms with E-state index in [4.69, 9.17) is 21.9 Å². The van der Waals surface area contributed by atoms with E-state index in [1.165, 1.54) is 0 Å². The predicted octanol–water partition coefficient (Wildman–Crippen LogP) is 3.97. The number of benzene rings is 1. The van der Waals surface area contributed by atoms with Crippen molar-refractivity contribution < 1.29 is 8.81 Å². The summed E-state index contributed by atoms with van der Waals surface area (Å²) in [5.74, 6) is 5.88. The Morgan fingerprint density at radius 1 is 1.42 bits per heavy atom. The molecule has 0 amide bonds. The van der Waals surface area contributed by atoms with E-state index in [0.29, 0.717) is 22.9 Å². The lowest BCUT2D eigenvalue weighted by molar-refractivity contribution is 0.446. The number of hydrazine groups is 1. The first kappa shape index (κ1) is 14.5. The largest absolute Gasteiger partial charge is 0.469 e. The molecule has 19 heavy (non-hydrogen) atoms. The molecule has 0 aliphatic rings. The van der Waals surface area contributed by atoms with E-state index in [2.05, 4.69) is 21.4 Å². The van der Waals surface area contributed by atoms with E-state index in [1.807, 2.05) is 12.1 Å². The van der Waals surface area contributed by atoms with E-state index in [1.54, 1.807) is 18.4 Å². The van der Waals surface area contributed by atoms with Crippen molar-refractivity contribution in [3.8, 4) is 0 Å². The van der Waals surface area contributed by atoms with Crippen LogP contribution >= 0.6 is 27.5 Å². The lowest BCUT2D eigenvalue weighted by Crippen LogP contribution is -2.29. The van der Waals surface area contributed by atoms with Gasteiger partial charge in [-0.15, -0.1) is 0 Å². The molecule has 0 saturated carbocycles. The summed E-state index contributed by atoms with van der Waals surface area (Å²) in [5.41, 5.74) is 3.06. The fraction of sp³-hybridized carbons (Fsp3) is 0.231. The van der Waals surface area contributed by atoms with Gasteiger partial charge in [0.25, 0.3) is 0 Å². The SMILES string of the molecule is NNC(CCc1ccco1)c1ccc(Br)c(Cl)c1F. The zero-order chi connectivity index (χ0) is 13.8. The third-order valence-electron chi connectivity index (χ3n) is 2.90. The third kappa shape index (κ3) is 3.36. The molecular weight excluding hydrogens is 335 g/mol. The summed E-state index contributed by atoms with van der Waals surface area (Å²) >= 11 is 9.06. The second-order valence-electron chi connectivity index (χ2n) is 4.10. The van der Waals surface area contributed by atoms with Crippen LogP contribution in [0.1, 0.15) is 23.8 Å². The molecule has 0 aliphatic heterocycles. The van der Waals surface area contributed by atoms with Crippen LogP contribution in [0.5, 0.6) is 0 Å². The van der Waals surface area contributed by atoms with Gasteiger partial charge < -0.3 is 4.42 Å². The molecule has 102 valence electrons. The van der Waals surface area contributed by atoms with E-state index in [9.17, 15) is 4.39 Å². The average Bonchev–Trinajstić information content (AvgIpc) is 2.92. The maximum absolute atomic E-state index is 14.1. The number of nitrogens with two attached hydrogens (primary N) is 1. The van der Waals surface area contributed by atoms with Crippen molar-refractivity contribution in [1.82, 2.24) is 5.43 Å². The van der Waals surface area contributed by atoms with Crippen molar-refractivity contribution in [1.29, 1.82) is 0 Å². The molecule has 1 aromatic carbocycles. The highest BCUT2D eigenvalue weighted by molar-refractivity contribution is 9.10. The Morgan fingerprint density at radius 2 is 2.21 bits per heavy atom. The maximum Gasteiger partial charge on any atom is 0.147 e. The Hall–Kier alpha value is -0.880. The summed E-state index contributed by atoms with van der Waals surface area (Å²) in [5, 5.41) is 0.0655. The van der Waals surface area contributed by atoms with Crippen molar-refractivity contribution in [2.75, 3.05) is 0 Å². The first-order valence-corrected chi connectivity index (χ1v) is 6.92. The van der Waals surface area contributed by atoms with Gasteiger partial charge in [-0.05, 0) is 40.5 Å². The highest BCUT2D eigenvalue weighted by Gasteiger charge is 2.18. The minimum absolute atomic E-state index is 0.0655. The Bertz CT molecular complexity index is 548. The van der Waals surface area contributed by atoms with Crippen LogP contribution in [0.3, 0.4) is 0 Å². The molecular formula is C13H13BrClFN2O. The van der Waals surface area contributed by atoms with Crippen LogP contribution in [-0.2, 0) is 6.42 Å². The van der Waals surface area contributed by atoms with Crippen LogP contribution in [0.4, 0.5) is 4.39 Å². The molecule has 1 atom stereocenters. The van der Waals surface area contributed by atoms with Crippen LogP contribution in [0.15, 0.2) is 39.4 Å². The van der Waals surface area contributed by atoms with Gasteiger partial charge in [-0.25, -0.2) is 4.39 Å². The quantitative estimate of drug-likeness (QED) is 0.489. The van der Waals surface area contributed by atoms with E-state index < -0.39 is 5.82 Å². The summed E-state index contributed by atoms with van der Waals surface area (Å²) in [7, 11) is 0. The molecule has 0 aliphatic carbocycles. The van der Waals surface area contributed by atoms with Gasteiger partial charge in [0.1, 0.15) is 11.6 Å². The van der Waals surface area contributed by atoms with Crippen molar-refractivity contribution >= 4 is 27.5 Å². The topological polar surface area (TPSA) is 51.2 Å². The molecule has 1 unspecified atom stereocenters. The maximum atomic E-state index is 14.1. The third-order valence-corrected chi connectivity index (χ3v) is 4.16. The molecule has 0 radical (unpaired) electrons. The zero-order valence-electron chi connectivity index (χ0n) is 10.00. The minimum Gasteiger partial charge on any atom is -0.469 e. The molecule has 0 fully saturated rings. The van der Waals surface area contributed by atoms with Crippen molar-refractivity contribution in [2.24, 2.45) is 5.84 Å². The van der Waals surface area contributed by atoms with E-state index in [-0.39, 0.29) is 11.1 Å².